The Morgan fingerprint density at radius 2 is 0.787 bits per heavy atom. The van der Waals surface area contributed by atoms with Gasteiger partial charge < -0.3 is 38.1 Å². The molecule has 0 radical (unpaired) electrons. The lowest BCUT2D eigenvalue weighted by atomic mass is 10.1. The standard InChI is InChI=1S/C49H93NO11/c1-6-11-14-17-20-21-24-28-37-55-45(51)32-26-25-27-33-46(52)59-41-44(43-61-49(54)58-40-31-36-50(9-4)10-5)42-60-47(53)34-35-48(56-38-29-22-18-15-12-7-2)57-39-30-23-19-16-13-8-3/h44,48H,6-43H2,1-5H3. The van der Waals surface area contributed by atoms with Crippen LogP contribution in [-0.2, 0) is 47.5 Å². The second-order valence-electron chi connectivity index (χ2n) is 16.5. The van der Waals surface area contributed by atoms with Crippen molar-refractivity contribution in [2.24, 2.45) is 5.92 Å². The Kier molecular flexibility index (Phi) is 43.8. The molecule has 0 aliphatic carbocycles. The Labute approximate surface area is 372 Å². The summed E-state index contributed by atoms with van der Waals surface area (Å²) in [6, 6.07) is 0. The molecular weight excluding hydrogens is 779 g/mol. The van der Waals surface area contributed by atoms with Crippen molar-refractivity contribution in [2.75, 3.05) is 65.9 Å². The van der Waals surface area contributed by atoms with Gasteiger partial charge in [0, 0.05) is 39.0 Å². The number of unbranched alkanes of at least 4 members (excludes halogenated alkanes) is 19. The van der Waals surface area contributed by atoms with Crippen LogP contribution in [0.3, 0.4) is 0 Å². The van der Waals surface area contributed by atoms with E-state index in [-0.39, 0.29) is 45.2 Å². The maximum Gasteiger partial charge on any atom is 0.508 e. The third kappa shape index (κ3) is 41.3. The molecule has 360 valence electrons. The van der Waals surface area contributed by atoms with Crippen LogP contribution in [0.2, 0.25) is 0 Å². The summed E-state index contributed by atoms with van der Waals surface area (Å²) in [5.74, 6) is -1.60. The van der Waals surface area contributed by atoms with Gasteiger partial charge in [0.1, 0.15) is 19.8 Å². The van der Waals surface area contributed by atoms with E-state index in [9.17, 15) is 19.2 Å². The van der Waals surface area contributed by atoms with E-state index in [1.807, 2.05) is 0 Å². The molecule has 0 aliphatic heterocycles. The first-order valence-electron chi connectivity index (χ1n) is 25.0. The van der Waals surface area contributed by atoms with E-state index in [2.05, 4.69) is 39.5 Å². The monoisotopic (exact) mass is 872 g/mol. The third-order valence-corrected chi connectivity index (χ3v) is 10.8. The largest absolute Gasteiger partial charge is 0.508 e. The molecule has 0 rings (SSSR count). The maximum atomic E-state index is 12.9. The van der Waals surface area contributed by atoms with Gasteiger partial charge in [-0.15, -0.1) is 0 Å². The van der Waals surface area contributed by atoms with E-state index >= 15 is 0 Å². The van der Waals surface area contributed by atoms with Crippen LogP contribution in [0.15, 0.2) is 0 Å². The van der Waals surface area contributed by atoms with Gasteiger partial charge >= 0.3 is 24.1 Å². The summed E-state index contributed by atoms with van der Waals surface area (Å²) in [6.07, 6.45) is 25.8. The predicted octanol–water partition coefficient (Wildman–Crippen LogP) is 12.1. The van der Waals surface area contributed by atoms with Crippen molar-refractivity contribution in [3.63, 3.8) is 0 Å². The molecule has 0 bridgehead atoms. The normalized spacial score (nSPS) is 11.9. The maximum absolute atomic E-state index is 12.9. The number of hydrogen-bond donors (Lipinski definition) is 0. The van der Waals surface area contributed by atoms with Crippen molar-refractivity contribution in [1.29, 1.82) is 0 Å². The molecule has 1 unspecified atom stereocenters. The van der Waals surface area contributed by atoms with E-state index in [1.165, 1.54) is 89.9 Å². The van der Waals surface area contributed by atoms with E-state index < -0.39 is 30.3 Å². The van der Waals surface area contributed by atoms with Crippen LogP contribution in [0, 0.1) is 5.92 Å². The number of nitrogens with zero attached hydrogens (tertiary/aromatic N) is 1. The average Bonchev–Trinajstić information content (AvgIpc) is 3.26. The molecule has 0 heterocycles. The lowest BCUT2D eigenvalue weighted by molar-refractivity contribution is -0.161. The zero-order chi connectivity index (χ0) is 44.9. The quantitative estimate of drug-likeness (QED) is 0.0249. The highest BCUT2D eigenvalue weighted by Crippen LogP contribution is 2.14. The second kappa shape index (κ2) is 45.6. The van der Waals surface area contributed by atoms with Gasteiger partial charge in [0.2, 0.25) is 0 Å². The first kappa shape index (κ1) is 58.6. The molecule has 12 heteroatoms. The van der Waals surface area contributed by atoms with Crippen molar-refractivity contribution < 1.29 is 52.3 Å². The summed E-state index contributed by atoms with van der Waals surface area (Å²) in [4.78, 5) is 52.3. The smallest absolute Gasteiger partial charge is 0.466 e. The molecule has 0 spiro atoms. The Hall–Kier alpha value is -2.44. The Bertz CT molecular complexity index is 991. The van der Waals surface area contributed by atoms with Gasteiger partial charge in [-0.1, -0.05) is 150 Å². The highest BCUT2D eigenvalue weighted by Gasteiger charge is 2.20. The van der Waals surface area contributed by atoms with Crippen molar-refractivity contribution >= 4 is 24.1 Å². The predicted molar refractivity (Wildman–Crippen MR) is 243 cm³/mol. The molecule has 0 aromatic carbocycles. The highest BCUT2D eigenvalue weighted by atomic mass is 16.7. The van der Waals surface area contributed by atoms with Gasteiger partial charge in [-0.2, -0.15) is 0 Å². The van der Waals surface area contributed by atoms with Crippen LogP contribution < -0.4 is 0 Å². The van der Waals surface area contributed by atoms with Gasteiger partial charge in [-0.25, -0.2) is 4.79 Å². The van der Waals surface area contributed by atoms with Crippen molar-refractivity contribution in [1.82, 2.24) is 4.90 Å². The van der Waals surface area contributed by atoms with Crippen LogP contribution in [0.4, 0.5) is 4.79 Å². The fourth-order valence-corrected chi connectivity index (χ4v) is 6.78. The SMILES string of the molecule is CCCCCCCCCCOC(=O)CCCCCC(=O)OCC(COC(=O)CCC(OCCCCCCCC)OCCCCCCCC)COC(=O)OCCCN(CC)CC. The molecule has 0 saturated heterocycles. The molecule has 12 nitrogen and oxygen atoms in total. The number of carbonyl (C=O) groups is 4. The van der Waals surface area contributed by atoms with Crippen LogP contribution >= 0.6 is 0 Å². The number of hydrogen-bond acceptors (Lipinski definition) is 12. The summed E-state index contributed by atoms with van der Waals surface area (Å²) >= 11 is 0. The fourth-order valence-electron chi connectivity index (χ4n) is 6.78. The highest BCUT2D eigenvalue weighted by molar-refractivity contribution is 5.70. The average molecular weight is 872 g/mol. The number of esters is 3. The molecule has 0 amide bonds. The van der Waals surface area contributed by atoms with E-state index in [0.29, 0.717) is 58.3 Å². The minimum absolute atomic E-state index is 0.0855. The Balaban J connectivity index is 4.85. The molecule has 1 atom stereocenters. The number of carbonyl (C=O) groups excluding carboxylic acids is 4. The van der Waals surface area contributed by atoms with E-state index in [1.54, 1.807) is 0 Å². The summed E-state index contributed by atoms with van der Waals surface area (Å²) in [5.41, 5.74) is 0. The summed E-state index contributed by atoms with van der Waals surface area (Å²) in [7, 11) is 0. The minimum Gasteiger partial charge on any atom is -0.466 e. The molecular formula is C49H93NO11. The summed E-state index contributed by atoms with van der Waals surface area (Å²) in [5, 5.41) is 0. The number of ether oxygens (including phenoxy) is 7. The second-order valence-corrected chi connectivity index (χ2v) is 16.5. The van der Waals surface area contributed by atoms with Crippen LogP contribution in [0.25, 0.3) is 0 Å². The fraction of sp³-hybridized carbons (Fsp3) is 0.918. The van der Waals surface area contributed by atoms with Gasteiger partial charge in [0.05, 0.1) is 25.6 Å². The van der Waals surface area contributed by atoms with Crippen LogP contribution in [0.5, 0.6) is 0 Å². The van der Waals surface area contributed by atoms with Gasteiger partial charge in [-0.05, 0) is 51.6 Å². The van der Waals surface area contributed by atoms with Gasteiger partial charge in [-0.3, -0.25) is 14.4 Å². The molecule has 0 N–H and O–H groups in total. The lowest BCUT2D eigenvalue weighted by Crippen LogP contribution is -2.28. The first-order valence-corrected chi connectivity index (χ1v) is 25.0. The van der Waals surface area contributed by atoms with Crippen LogP contribution in [0.1, 0.15) is 214 Å². The Morgan fingerprint density at radius 3 is 1.28 bits per heavy atom. The molecule has 0 aromatic heterocycles. The summed E-state index contributed by atoms with van der Waals surface area (Å²) < 4.78 is 39.3. The van der Waals surface area contributed by atoms with Gasteiger partial charge in [0.15, 0.2) is 6.29 Å². The zero-order valence-electron chi connectivity index (χ0n) is 40.0. The zero-order valence-corrected chi connectivity index (χ0v) is 40.0. The number of rotatable bonds is 46. The minimum atomic E-state index is -0.814. The third-order valence-electron chi connectivity index (χ3n) is 10.8. The molecule has 0 saturated carbocycles. The molecule has 0 aromatic rings. The molecule has 61 heavy (non-hydrogen) atoms. The first-order chi connectivity index (χ1) is 29.8. The topological polar surface area (TPSA) is 136 Å². The Morgan fingerprint density at radius 1 is 0.393 bits per heavy atom. The van der Waals surface area contributed by atoms with Crippen molar-refractivity contribution in [3.8, 4) is 0 Å². The lowest BCUT2D eigenvalue weighted by Gasteiger charge is -2.20. The van der Waals surface area contributed by atoms with E-state index in [0.717, 1.165) is 58.2 Å². The summed E-state index contributed by atoms with van der Waals surface area (Å²) in [6.45, 7) is 15.0. The van der Waals surface area contributed by atoms with Crippen LogP contribution in [-0.4, -0.2) is 101 Å². The van der Waals surface area contributed by atoms with Gasteiger partial charge in [0.25, 0.3) is 0 Å². The van der Waals surface area contributed by atoms with Crippen molar-refractivity contribution in [2.45, 2.75) is 221 Å². The van der Waals surface area contributed by atoms with E-state index in [4.69, 9.17) is 33.2 Å². The van der Waals surface area contributed by atoms with Crippen molar-refractivity contribution in [3.05, 3.63) is 0 Å². The molecule has 0 fully saturated rings. The molecule has 0 aliphatic rings.